The van der Waals surface area contributed by atoms with E-state index in [1.54, 1.807) is 30.3 Å². The molecular weight excluding hydrogens is 461 g/mol. The van der Waals surface area contributed by atoms with Crippen LogP contribution in [0.1, 0.15) is 5.56 Å². The van der Waals surface area contributed by atoms with Crippen LogP contribution in [0.5, 0.6) is 5.75 Å². The SMILES string of the molecule is FC(F)C(F)(F)Oc1cccc(CN=Nc2nc(Cl)cc(Nc3ccc(Cl)cc3)n2)c1. The number of ether oxygens (including phenoxy) is 1. The summed E-state index contributed by atoms with van der Waals surface area (Å²) in [5.41, 5.74) is 1.10. The molecular formula is C19H13Cl2F4N5O. The van der Waals surface area contributed by atoms with Crippen LogP contribution in [0.2, 0.25) is 10.2 Å². The standard InChI is InChI=1S/C19H13Cl2F4N5O/c20-12-4-6-13(7-5-12)27-16-9-15(21)28-18(29-16)30-26-10-11-2-1-3-14(8-11)31-19(24,25)17(22)23/h1-9,17H,10H2,(H,27,28,29). The third kappa shape index (κ3) is 6.76. The van der Waals surface area contributed by atoms with E-state index >= 15 is 0 Å². The Kier molecular flexibility index (Phi) is 7.24. The average molecular weight is 474 g/mol. The van der Waals surface area contributed by atoms with Crippen molar-refractivity contribution >= 4 is 40.7 Å². The Hall–Kier alpha value is -2.98. The number of nitrogens with one attached hydrogen (secondary N) is 1. The van der Waals surface area contributed by atoms with Gasteiger partial charge in [0.1, 0.15) is 16.7 Å². The molecule has 1 heterocycles. The molecule has 0 aliphatic carbocycles. The molecule has 0 radical (unpaired) electrons. The first-order chi connectivity index (χ1) is 14.7. The molecule has 0 fully saturated rings. The van der Waals surface area contributed by atoms with Crippen molar-refractivity contribution in [3.05, 3.63) is 70.3 Å². The van der Waals surface area contributed by atoms with E-state index in [1.165, 1.54) is 12.1 Å². The minimum absolute atomic E-state index is 0.0411. The zero-order valence-electron chi connectivity index (χ0n) is 15.4. The Morgan fingerprint density at radius 2 is 1.77 bits per heavy atom. The number of azo groups is 1. The fourth-order valence-electron chi connectivity index (χ4n) is 2.28. The summed E-state index contributed by atoms with van der Waals surface area (Å²) < 4.78 is 54.6. The van der Waals surface area contributed by atoms with Gasteiger partial charge in [0.15, 0.2) is 0 Å². The highest BCUT2D eigenvalue weighted by Crippen LogP contribution is 2.28. The van der Waals surface area contributed by atoms with Crippen molar-refractivity contribution in [2.24, 2.45) is 10.2 Å². The average Bonchev–Trinajstić information content (AvgIpc) is 2.69. The molecule has 0 aliphatic heterocycles. The second-order valence-electron chi connectivity index (χ2n) is 6.02. The highest BCUT2D eigenvalue weighted by Gasteiger charge is 2.43. The van der Waals surface area contributed by atoms with Crippen molar-refractivity contribution in [3.8, 4) is 5.75 Å². The highest BCUT2D eigenvalue weighted by molar-refractivity contribution is 6.30. The zero-order valence-corrected chi connectivity index (χ0v) is 17.0. The van der Waals surface area contributed by atoms with Crippen molar-refractivity contribution < 1.29 is 22.3 Å². The largest absolute Gasteiger partial charge is 0.461 e. The maximum Gasteiger partial charge on any atom is 0.461 e. The van der Waals surface area contributed by atoms with Crippen LogP contribution in [-0.2, 0) is 6.54 Å². The van der Waals surface area contributed by atoms with E-state index in [9.17, 15) is 17.6 Å². The molecule has 0 bridgehead atoms. The maximum absolute atomic E-state index is 13.0. The second-order valence-corrected chi connectivity index (χ2v) is 6.84. The smallest absolute Gasteiger partial charge is 0.428 e. The van der Waals surface area contributed by atoms with E-state index in [4.69, 9.17) is 23.2 Å². The van der Waals surface area contributed by atoms with Crippen molar-refractivity contribution in [2.45, 2.75) is 19.1 Å². The number of rotatable bonds is 8. The molecule has 6 nitrogen and oxygen atoms in total. The second kappa shape index (κ2) is 9.88. The van der Waals surface area contributed by atoms with Crippen LogP contribution < -0.4 is 10.1 Å². The number of hydrogen-bond acceptors (Lipinski definition) is 6. The summed E-state index contributed by atoms with van der Waals surface area (Å²) >= 11 is 11.8. The van der Waals surface area contributed by atoms with E-state index in [1.807, 2.05) is 0 Å². The maximum atomic E-state index is 13.0. The first-order valence-electron chi connectivity index (χ1n) is 8.60. The van der Waals surface area contributed by atoms with E-state index in [0.29, 0.717) is 22.1 Å². The number of aromatic nitrogens is 2. The number of halogens is 6. The fourth-order valence-corrected chi connectivity index (χ4v) is 2.59. The molecule has 3 aromatic rings. The Bertz CT molecular complexity index is 1070. The van der Waals surface area contributed by atoms with Crippen LogP contribution in [0.25, 0.3) is 0 Å². The molecule has 1 aromatic heterocycles. The lowest BCUT2D eigenvalue weighted by Gasteiger charge is -2.16. The lowest BCUT2D eigenvalue weighted by Crippen LogP contribution is -2.33. The summed E-state index contributed by atoms with van der Waals surface area (Å²) in [5.74, 6) is -0.104. The molecule has 0 unspecified atom stereocenters. The molecule has 0 atom stereocenters. The quantitative estimate of drug-likeness (QED) is 0.216. The Labute approximate surface area is 183 Å². The summed E-state index contributed by atoms with van der Waals surface area (Å²) in [4.78, 5) is 8.09. The molecule has 0 spiro atoms. The van der Waals surface area contributed by atoms with E-state index in [2.05, 4.69) is 30.3 Å². The summed E-state index contributed by atoms with van der Waals surface area (Å²) in [7, 11) is 0. The molecule has 12 heteroatoms. The minimum Gasteiger partial charge on any atom is -0.428 e. The van der Waals surface area contributed by atoms with E-state index in [0.717, 1.165) is 12.1 Å². The third-order valence-electron chi connectivity index (χ3n) is 3.62. The number of nitrogens with zero attached hydrogens (tertiary/aromatic N) is 4. The first kappa shape index (κ1) is 22.7. The zero-order chi connectivity index (χ0) is 22.4. The molecule has 0 aliphatic rings. The fraction of sp³-hybridized carbons (Fsp3) is 0.158. The van der Waals surface area contributed by atoms with Crippen LogP contribution in [-0.4, -0.2) is 22.5 Å². The van der Waals surface area contributed by atoms with Crippen molar-refractivity contribution in [1.82, 2.24) is 9.97 Å². The molecule has 1 N–H and O–H groups in total. The number of anilines is 2. The van der Waals surface area contributed by atoms with Gasteiger partial charge in [-0.15, -0.1) is 5.11 Å². The monoisotopic (exact) mass is 473 g/mol. The molecule has 3 rings (SSSR count). The van der Waals surface area contributed by atoms with Crippen molar-refractivity contribution in [3.63, 3.8) is 0 Å². The molecule has 162 valence electrons. The van der Waals surface area contributed by atoms with E-state index in [-0.39, 0.29) is 17.6 Å². The van der Waals surface area contributed by atoms with Gasteiger partial charge in [0.05, 0.1) is 6.54 Å². The lowest BCUT2D eigenvalue weighted by atomic mass is 10.2. The molecule has 0 saturated carbocycles. The van der Waals surface area contributed by atoms with Gasteiger partial charge in [-0.1, -0.05) is 35.3 Å². The van der Waals surface area contributed by atoms with Crippen molar-refractivity contribution in [2.75, 3.05) is 5.32 Å². The van der Waals surface area contributed by atoms with Gasteiger partial charge in [-0.25, -0.2) is 0 Å². The predicted molar refractivity (Wildman–Crippen MR) is 108 cm³/mol. The van der Waals surface area contributed by atoms with Crippen molar-refractivity contribution in [1.29, 1.82) is 0 Å². The molecule has 31 heavy (non-hydrogen) atoms. The summed E-state index contributed by atoms with van der Waals surface area (Å²) in [6.45, 7) is -0.0622. The van der Waals surface area contributed by atoms with Crippen LogP contribution >= 0.6 is 23.2 Å². The Morgan fingerprint density at radius 1 is 1.03 bits per heavy atom. The molecule has 0 amide bonds. The Morgan fingerprint density at radius 3 is 2.48 bits per heavy atom. The predicted octanol–water partition coefficient (Wildman–Crippen LogP) is 7.05. The van der Waals surface area contributed by atoms with Gasteiger partial charge in [0, 0.05) is 16.8 Å². The number of hydrogen-bond donors (Lipinski definition) is 1. The van der Waals surface area contributed by atoms with Gasteiger partial charge in [0.25, 0.3) is 5.95 Å². The first-order valence-corrected chi connectivity index (χ1v) is 9.35. The molecule has 0 saturated heterocycles. The van der Waals surface area contributed by atoms with Gasteiger partial charge in [-0.05, 0) is 42.0 Å². The molecule has 2 aromatic carbocycles. The van der Waals surface area contributed by atoms with Crippen LogP contribution in [0.4, 0.5) is 35.0 Å². The van der Waals surface area contributed by atoms with Gasteiger partial charge in [-0.2, -0.15) is 32.6 Å². The van der Waals surface area contributed by atoms with Crippen LogP contribution in [0, 0.1) is 0 Å². The van der Waals surface area contributed by atoms with Gasteiger partial charge in [-0.3, -0.25) is 0 Å². The number of alkyl halides is 4. The van der Waals surface area contributed by atoms with Gasteiger partial charge >= 0.3 is 12.5 Å². The van der Waals surface area contributed by atoms with Crippen LogP contribution in [0.3, 0.4) is 0 Å². The normalized spacial score (nSPS) is 11.8. The summed E-state index contributed by atoms with van der Waals surface area (Å²) in [6, 6.07) is 13.6. The van der Waals surface area contributed by atoms with Gasteiger partial charge < -0.3 is 10.1 Å². The Balaban J connectivity index is 1.67. The van der Waals surface area contributed by atoms with E-state index < -0.39 is 18.3 Å². The number of benzene rings is 2. The van der Waals surface area contributed by atoms with Crippen LogP contribution in [0.15, 0.2) is 64.8 Å². The van der Waals surface area contributed by atoms with Gasteiger partial charge in [0.2, 0.25) is 0 Å². The topological polar surface area (TPSA) is 71.8 Å². The third-order valence-corrected chi connectivity index (χ3v) is 4.07. The lowest BCUT2D eigenvalue weighted by molar-refractivity contribution is -0.253. The minimum atomic E-state index is -4.59. The highest BCUT2D eigenvalue weighted by atomic mass is 35.5. The summed E-state index contributed by atoms with van der Waals surface area (Å²) in [6.07, 6.45) is -8.55. The summed E-state index contributed by atoms with van der Waals surface area (Å²) in [5, 5.41) is 11.5.